The van der Waals surface area contributed by atoms with E-state index in [9.17, 15) is 3.40 Å². The summed E-state index contributed by atoms with van der Waals surface area (Å²) in [6.45, 7) is 4.44. The second-order valence-electron chi connectivity index (χ2n) is 4.29. The summed E-state index contributed by atoms with van der Waals surface area (Å²) in [5.41, 5.74) is 4.66. The van der Waals surface area contributed by atoms with Crippen LogP contribution in [0.1, 0.15) is 65.2 Å². The third kappa shape index (κ3) is 25.4. The first-order valence-corrected chi connectivity index (χ1v) is 11.3. The molecule has 2 nitrogen and oxygen atoms in total. The zero-order chi connectivity index (χ0) is 14.2. The van der Waals surface area contributed by atoms with Gasteiger partial charge in [-0.1, -0.05) is 4.32 Å². The molecule has 5 heteroatoms. The summed E-state index contributed by atoms with van der Waals surface area (Å²) in [6, 6.07) is 0. The van der Waals surface area contributed by atoms with Gasteiger partial charge < -0.3 is 30.6 Å². The molecule has 0 aromatic heterocycles. The molecule has 2 N–H and O–H groups in total. The van der Waals surface area contributed by atoms with Gasteiger partial charge in [0.2, 0.25) is 0 Å². The molecule has 0 atom stereocenters. The van der Waals surface area contributed by atoms with E-state index in [0.29, 0.717) is 0 Å². The first-order chi connectivity index (χ1) is 8.54. The maximum atomic E-state index is 11.6. The fraction of sp³-hybridized carbons (Fsp3) is 0.923. The number of thiocarbonyl (C=S) groups is 1. The molecule has 0 heterocycles. The summed E-state index contributed by atoms with van der Waals surface area (Å²) in [7, 11) is 0. The summed E-state index contributed by atoms with van der Waals surface area (Å²) in [5.74, 6) is 0. The van der Waals surface area contributed by atoms with E-state index >= 15 is 0 Å². The van der Waals surface area contributed by atoms with Crippen LogP contribution < -0.4 is 5.73 Å². The van der Waals surface area contributed by atoms with Crippen LogP contribution in [-0.4, -0.2) is 4.32 Å². The summed E-state index contributed by atoms with van der Waals surface area (Å²) in [5, 5.41) is 0. The number of hydrogen-bond donors (Lipinski definition) is 1. The molecule has 18 heavy (non-hydrogen) atoms. The van der Waals surface area contributed by atoms with Crippen LogP contribution in [0, 0.1) is 0 Å². The van der Waals surface area contributed by atoms with Gasteiger partial charge in [0, 0.05) is 0 Å². The van der Waals surface area contributed by atoms with E-state index in [0.717, 1.165) is 9.62 Å². The molecule has 0 bridgehead atoms. The van der Waals surface area contributed by atoms with Crippen molar-refractivity contribution in [2.75, 3.05) is 0 Å². The molecular formula is C13H28MoNOS2. The van der Waals surface area contributed by atoms with Gasteiger partial charge in [-0.2, -0.15) is 0 Å². The molecule has 0 amide bonds. The van der Waals surface area contributed by atoms with Gasteiger partial charge in [0.15, 0.2) is 0 Å². The molecule has 0 aliphatic carbocycles. The Labute approximate surface area is 130 Å². The normalized spacial score (nSPS) is 9.44. The summed E-state index contributed by atoms with van der Waals surface area (Å²) in [4.78, 5) is 2.16. The average molecular weight is 374 g/mol. The molecule has 109 valence electrons. The smallest absolute Gasteiger partial charge is 0.0708 e. The molecule has 0 aromatic carbocycles. The summed E-state index contributed by atoms with van der Waals surface area (Å²) in [6.07, 6.45) is 10.3. The fourth-order valence-corrected chi connectivity index (χ4v) is 4.57. The Bertz CT molecular complexity index is 195. The maximum Gasteiger partial charge on any atom is -0.0708 e. The predicted molar refractivity (Wildman–Crippen MR) is 82.7 cm³/mol. The molecule has 0 aliphatic rings. The maximum absolute atomic E-state index is 11.6. The van der Waals surface area contributed by atoms with E-state index in [2.05, 4.69) is 44.4 Å². The Kier molecular flexibility index (Phi) is 20.4. The van der Waals surface area contributed by atoms with Gasteiger partial charge in [-0.15, -0.1) is 0 Å². The van der Waals surface area contributed by atoms with Crippen LogP contribution in [0.3, 0.4) is 0 Å². The molecule has 0 aromatic rings. The molecule has 0 radical (unpaired) electrons. The zero-order valence-corrected chi connectivity index (χ0v) is 15.4. The van der Waals surface area contributed by atoms with E-state index in [4.69, 9.17) is 0 Å². The average Bonchev–Trinajstić information content (AvgIpc) is 2.30. The van der Waals surface area contributed by atoms with Crippen molar-refractivity contribution in [3.63, 3.8) is 0 Å². The number of unbranched alkanes of at least 4 members (excludes halogenated alkanes) is 6. The Hall–Kier alpha value is 0.598. The number of rotatable bonds is 10. The quantitative estimate of drug-likeness (QED) is 0.260. The first kappa shape index (κ1) is 20.9. The van der Waals surface area contributed by atoms with Crippen molar-refractivity contribution in [2.24, 2.45) is 5.73 Å². The molecule has 0 saturated carbocycles. The van der Waals surface area contributed by atoms with E-state index in [1.165, 1.54) is 51.4 Å². The molecular weight excluding hydrogens is 346 g/mol. The van der Waals surface area contributed by atoms with E-state index < -0.39 is 17.3 Å². The molecule has 0 spiro atoms. The predicted octanol–water partition coefficient (Wildman–Crippen LogP) is 4.72. The van der Waals surface area contributed by atoms with Crippen molar-refractivity contribution in [1.29, 1.82) is 0 Å². The van der Waals surface area contributed by atoms with Gasteiger partial charge in [0.25, 0.3) is 0 Å². The van der Waals surface area contributed by atoms with E-state index in [1.807, 2.05) is 0 Å². The van der Waals surface area contributed by atoms with Crippen LogP contribution >= 0.6 is 12.2 Å². The second kappa shape index (κ2) is 17.6. The summed E-state index contributed by atoms with van der Waals surface area (Å²) < 4.78 is 11.7. The van der Waals surface area contributed by atoms with Crippen LogP contribution in [0.15, 0.2) is 0 Å². The van der Waals surface area contributed by atoms with Crippen LogP contribution in [0.5, 0.6) is 0 Å². The topological polar surface area (TPSA) is 43.1 Å². The standard InChI is InChI=1S/2C6H13.CH3NS2.Mo.O/c2*1-3-5-6-4-2;2-1(3)4;;/h2*1,3-6H2,2H3;(H3,2,3,4);;/q;;;+1;/p-1. The third-order valence-electron chi connectivity index (χ3n) is 2.45. The van der Waals surface area contributed by atoms with Crippen molar-refractivity contribution in [3.05, 3.63) is 0 Å². The van der Waals surface area contributed by atoms with Crippen molar-refractivity contribution in [1.82, 2.24) is 0 Å². The fourth-order valence-electron chi connectivity index (χ4n) is 1.48. The van der Waals surface area contributed by atoms with Gasteiger partial charge in [0.1, 0.15) is 0 Å². The molecule has 0 unspecified atom stereocenters. The minimum atomic E-state index is -1.82. The van der Waals surface area contributed by atoms with E-state index in [1.54, 1.807) is 0 Å². The number of nitrogens with two attached hydrogens (primary N) is 1. The molecule has 0 saturated heterocycles. The minimum Gasteiger partial charge on any atom is -0.415 e. The van der Waals surface area contributed by atoms with Gasteiger partial charge >= 0.3 is 95.5 Å². The first-order valence-electron chi connectivity index (χ1n) is 6.86. The SMILES string of the molecule is CCCCC[CH2][Mo+](=[O])[CH2]CCCCC.NC(=S)[S-]. The third-order valence-corrected chi connectivity index (χ3v) is 6.11. The van der Waals surface area contributed by atoms with Crippen molar-refractivity contribution >= 4 is 29.2 Å². The summed E-state index contributed by atoms with van der Waals surface area (Å²) >= 11 is 6.44. The Morgan fingerprint density at radius 1 is 1.00 bits per heavy atom. The van der Waals surface area contributed by atoms with Crippen molar-refractivity contribution in [2.45, 2.75) is 74.8 Å². The van der Waals surface area contributed by atoms with Gasteiger partial charge in [0.05, 0.1) is 0 Å². The van der Waals surface area contributed by atoms with Crippen LogP contribution in [-0.2, 0) is 33.3 Å². The largest absolute Gasteiger partial charge is 0.415 e. The van der Waals surface area contributed by atoms with Gasteiger partial charge in [-0.25, -0.2) is 0 Å². The van der Waals surface area contributed by atoms with Crippen molar-refractivity contribution < 1.29 is 20.7 Å². The monoisotopic (exact) mass is 376 g/mol. The molecule has 0 fully saturated rings. The van der Waals surface area contributed by atoms with E-state index in [-0.39, 0.29) is 4.32 Å². The molecule has 0 aliphatic heterocycles. The van der Waals surface area contributed by atoms with Gasteiger partial charge in [-0.3, -0.25) is 0 Å². The number of hydrogen-bond acceptors (Lipinski definition) is 3. The minimum absolute atomic E-state index is 0.0833. The Morgan fingerprint density at radius 3 is 1.61 bits per heavy atom. The van der Waals surface area contributed by atoms with Crippen LogP contribution in [0.25, 0.3) is 0 Å². The van der Waals surface area contributed by atoms with Gasteiger partial charge in [-0.05, 0) is 0 Å². The Morgan fingerprint density at radius 2 is 1.33 bits per heavy atom. The second-order valence-corrected chi connectivity index (χ2v) is 9.60. The van der Waals surface area contributed by atoms with Crippen LogP contribution in [0.2, 0.25) is 9.62 Å². The van der Waals surface area contributed by atoms with Crippen molar-refractivity contribution in [3.8, 4) is 0 Å². The Balaban J connectivity index is 0. The molecule has 0 rings (SSSR count). The zero-order valence-electron chi connectivity index (χ0n) is 11.8. The van der Waals surface area contributed by atoms with Crippen LogP contribution in [0.4, 0.5) is 0 Å².